The number of hydrogen-bond acceptors (Lipinski definition) is 7. The van der Waals surface area contributed by atoms with Crippen molar-refractivity contribution in [1.82, 2.24) is 24.7 Å². The lowest BCUT2D eigenvalue weighted by molar-refractivity contribution is -0.384. The number of aryl methyl sites for hydroxylation is 1. The molecule has 1 aromatic carbocycles. The number of pyridine rings is 1. The van der Waals surface area contributed by atoms with Crippen molar-refractivity contribution in [3.8, 4) is 0 Å². The van der Waals surface area contributed by atoms with E-state index in [2.05, 4.69) is 30.8 Å². The lowest BCUT2D eigenvalue weighted by atomic mass is 10.2. The molecule has 4 rings (SSSR count). The third kappa shape index (κ3) is 3.90. The van der Waals surface area contributed by atoms with E-state index in [1.54, 1.807) is 24.8 Å². The van der Waals surface area contributed by atoms with E-state index >= 15 is 0 Å². The molecule has 28 heavy (non-hydrogen) atoms. The van der Waals surface area contributed by atoms with Crippen LogP contribution in [0.15, 0.2) is 55.2 Å². The van der Waals surface area contributed by atoms with E-state index in [0.29, 0.717) is 18.1 Å². The molecule has 3 N–H and O–H groups in total. The average Bonchev–Trinajstić information content (AvgIpc) is 3.36. The summed E-state index contributed by atoms with van der Waals surface area (Å²) in [6.07, 6.45) is 8.00. The lowest BCUT2D eigenvalue weighted by Gasteiger charge is -2.10. The van der Waals surface area contributed by atoms with Gasteiger partial charge in [0.1, 0.15) is 5.82 Å². The number of imidazole rings is 1. The maximum absolute atomic E-state index is 11.4. The summed E-state index contributed by atoms with van der Waals surface area (Å²) in [5.74, 6) is 0.754. The van der Waals surface area contributed by atoms with Crippen LogP contribution in [-0.4, -0.2) is 36.2 Å². The Labute approximate surface area is 159 Å². The Bertz CT molecular complexity index is 1090. The molecule has 0 spiro atoms. The molecule has 3 aromatic heterocycles. The predicted molar refractivity (Wildman–Crippen MR) is 106 cm³/mol. The van der Waals surface area contributed by atoms with Crippen molar-refractivity contribution >= 4 is 33.9 Å². The van der Waals surface area contributed by atoms with E-state index < -0.39 is 4.92 Å². The molecule has 0 amide bonds. The van der Waals surface area contributed by atoms with Gasteiger partial charge in [-0.3, -0.25) is 15.2 Å². The van der Waals surface area contributed by atoms with Crippen molar-refractivity contribution in [1.29, 1.82) is 0 Å². The molecule has 0 bridgehead atoms. The van der Waals surface area contributed by atoms with Gasteiger partial charge in [-0.05, 0) is 30.7 Å². The number of H-pyrrole nitrogens is 1. The fourth-order valence-electron chi connectivity index (χ4n) is 2.84. The van der Waals surface area contributed by atoms with Crippen molar-refractivity contribution in [3.63, 3.8) is 0 Å². The molecule has 10 heteroatoms. The van der Waals surface area contributed by atoms with Crippen molar-refractivity contribution in [3.05, 3.63) is 65.4 Å². The molecule has 0 atom stereocenters. The van der Waals surface area contributed by atoms with E-state index in [9.17, 15) is 10.1 Å². The van der Waals surface area contributed by atoms with Gasteiger partial charge in [0.25, 0.3) is 0 Å². The van der Waals surface area contributed by atoms with E-state index in [1.807, 2.05) is 29.0 Å². The van der Waals surface area contributed by atoms with Crippen molar-refractivity contribution in [2.45, 2.75) is 13.0 Å². The largest absolute Gasteiger partial charge is 0.370 e. The Morgan fingerprint density at radius 2 is 2.18 bits per heavy atom. The number of nitro groups is 1. The van der Waals surface area contributed by atoms with Crippen molar-refractivity contribution in [2.75, 3.05) is 17.2 Å². The van der Waals surface area contributed by atoms with E-state index in [4.69, 9.17) is 0 Å². The maximum atomic E-state index is 11.4. The van der Waals surface area contributed by atoms with Crippen LogP contribution in [-0.2, 0) is 6.54 Å². The molecule has 0 aliphatic rings. The van der Waals surface area contributed by atoms with Gasteiger partial charge < -0.3 is 15.2 Å². The highest BCUT2D eigenvalue weighted by atomic mass is 16.6. The topological polar surface area (TPSA) is 127 Å². The number of nitrogens with zero attached hydrogens (tertiary/aromatic N) is 5. The molecule has 10 nitrogen and oxygen atoms in total. The molecular weight excluding hydrogens is 360 g/mol. The molecule has 0 radical (unpaired) electrons. The van der Waals surface area contributed by atoms with Crippen molar-refractivity contribution < 1.29 is 4.92 Å². The summed E-state index contributed by atoms with van der Waals surface area (Å²) in [7, 11) is 0. The number of hydrogen-bond donors (Lipinski definition) is 3. The van der Waals surface area contributed by atoms with Crippen molar-refractivity contribution in [2.24, 2.45) is 0 Å². The third-order valence-electron chi connectivity index (χ3n) is 4.23. The normalized spacial score (nSPS) is 10.9. The minimum Gasteiger partial charge on any atom is -0.370 e. The van der Waals surface area contributed by atoms with Crippen LogP contribution in [0.3, 0.4) is 0 Å². The summed E-state index contributed by atoms with van der Waals surface area (Å²) in [5, 5.41) is 25.4. The molecule has 0 fully saturated rings. The highest BCUT2D eigenvalue weighted by Crippen LogP contribution is 2.28. The van der Waals surface area contributed by atoms with Gasteiger partial charge in [0.15, 0.2) is 0 Å². The van der Waals surface area contributed by atoms with E-state index in [0.717, 1.165) is 23.9 Å². The molecule has 4 aromatic rings. The maximum Gasteiger partial charge on any atom is 0.311 e. The van der Waals surface area contributed by atoms with Gasteiger partial charge in [-0.25, -0.2) is 9.97 Å². The number of rotatable bonds is 8. The van der Waals surface area contributed by atoms with Crippen LogP contribution < -0.4 is 10.6 Å². The van der Waals surface area contributed by atoms with Gasteiger partial charge in [-0.15, -0.1) is 0 Å². The second-order valence-electron chi connectivity index (χ2n) is 6.20. The summed E-state index contributed by atoms with van der Waals surface area (Å²) in [6, 6.07) is 8.60. The zero-order valence-electron chi connectivity index (χ0n) is 14.9. The standard InChI is InChI=1S/C18H18N8O2/c27-26(28)16-4-5-17(20-6-1-8-25-9-7-19-12-25)23-18(16)22-14-3-2-13-11-21-24-15(13)10-14/h2-5,7,9-12H,1,6,8H2,(H,21,24)(H2,20,22,23). The van der Waals surface area contributed by atoms with Gasteiger partial charge >= 0.3 is 5.69 Å². The predicted octanol–water partition coefficient (Wildman–Crippen LogP) is 3.31. The van der Waals surface area contributed by atoms with Crippen LogP contribution in [0.25, 0.3) is 10.9 Å². The first-order valence-electron chi connectivity index (χ1n) is 8.74. The molecule has 0 saturated carbocycles. The molecule has 0 aliphatic carbocycles. The minimum absolute atomic E-state index is 0.0892. The van der Waals surface area contributed by atoms with E-state index in [1.165, 1.54) is 6.07 Å². The van der Waals surface area contributed by atoms with Gasteiger partial charge in [0.2, 0.25) is 5.82 Å². The van der Waals surface area contributed by atoms with Crippen LogP contribution in [0.2, 0.25) is 0 Å². The van der Waals surface area contributed by atoms with Gasteiger partial charge in [0, 0.05) is 42.6 Å². The average molecular weight is 378 g/mol. The first-order valence-corrected chi connectivity index (χ1v) is 8.74. The third-order valence-corrected chi connectivity index (χ3v) is 4.23. The molecule has 142 valence electrons. The number of anilines is 3. The summed E-state index contributed by atoms with van der Waals surface area (Å²) >= 11 is 0. The first-order chi connectivity index (χ1) is 13.7. The number of aromatic nitrogens is 5. The lowest BCUT2D eigenvalue weighted by Crippen LogP contribution is -2.08. The molecular formula is C18H18N8O2. The summed E-state index contributed by atoms with van der Waals surface area (Å²) in [6.45, 7) is 1.51. The second-order valence-corrected chi connectivity index (χ2v) is 6.20. The zero-order valence-corrected chi connectivity index (χ0v) is 14.9. The minimum atomic E-state index is -0.452. The molecule has 0 saturated heterocycles. The Hall–Kier alpha value is -3.95. The van der Waals surface area contributed by atoms with E-state index in [-0.39, 0.29) is 11.5 Å². The Morgan fingerprint density at radius 3 is 3.00 bits per heavy atom. The Balaban J connectivity index is 1.47. The van der Waals surface area contributed by atoms with Crippen LogP contribution >= 0.6 is 0 Å². The fourth-order valence-corrected chi connectivity index (χ4v) is 2.84. The molecule has 3 heterocycles. The quantitative estimate of drug-likeness (QED) is 0.244. The molecule has 0 unspecified atom stereocenters. The van der Waals surface area contributed by atoms with Crippen LogP contribution in [0.4, 0.5) is 23.0 Å². The second kappa shape index (κ2) is 7.74. The number of fused-ring (bicyclic) bond motifs is 1. The van der Waals surface area contributed by atoms with Crippen LogP contribution in [0.1, 0.15) is 6.42 Å². The highest BCUT2D eigenvalue weighted by Gasteiger charge is 2.16. The highest BCUT2D eigenvalue weighted by molar-refractivity contribution is 5.83. The number of aromatic amines is 1. The smallest absolute Gasteiger partial charge is 0.311 e. The van der Waals surface area contributed by atoms with Gasteiger partial charge in [-0.1, -0.05) is 0 Å². The summed E-state index contributed by atoms with van der Waals surface area (Å²) in [5.41, 5.74) is 1.43. The van der Waals surface area contributed by atoms with Gasteiger partial charge in [-0.2, -0.15) is 5.10 Å². The van der Waals surface area contributed by atoms with Crippen LogP contribution in [0, 0.1) is 10.1 Å². The number of nitrogens with one attached hydrogen (secondary N) is 3. The monoisotopic (exact) mass is 378 g/mol. The summed E-state index contributed by atoms with van der Waals surface area (Å²) < 4.78 is 1.99. The van der Waals surface area contributed by atoms with Gasteiger partial charge in [0.05, 0.1) is 23.0 Å². The SMILES string of the molecule is O=[N+]([O-])c1ccc(NCCCn2ccnc2)nc1Nc1ccc2cn[nH]c2c1. The molecule has 0 aliphatic heterocycles. The first kappa shape index (κ1) is 17.5. The zero-order chi connectivity index (χ0) is 19.3. The Morgan fingerprint density at radius 1 is 1.25 bits per heavy atom. The summed E-state index contributed by atoms with van der Waals surface area (Å²) in [4.78, 5) is 19.3. The van der Waals surface area contributed by atoms with Crippen LogP contribution in [0.5, 0.6) is 0 Å². The number of benzene rings is 1. The fraction of sp³-hybridized carbons (Fsp3) is 0.167. The Kier molecular flexibility index (Phi) is 4.83.